The summed E-state index contributed by atoms with van der Waals surface area (Å²) in [6, 6.07) is 10.7. The van der Waals surface area contributed by atoms with Crippen LogP contribution in [0, 0.1) is 5.92 Å². The highest BCUT2D eigenvalue weighted by Crippen LogP contribution is 2.34. The second-order valence-electron chi connectivity index (χ2n) is 5.25. The highest BCUT2D eigenvalue weighted by Gasteiger charge is 2.30. The van der Waals surface area contributed by atoms with Crippen LogP contribution in [0.1, 0.15) is 31.2 Å². The quantitative estimate of drug-likeness (QED) is 0.834. The predicted octanol–water partition coefficient (Wildman–Crippen LogP) is 2.68. The summed E-state index contributed by atoms with van der Waals surface area (Å²) >= 11 is 0. The summed E-state index contributed by atoms with van der Waals surface area (Å²) in [6.45, 7) is 4.12. The van der Waals surface area contributed by atoms with Gasteiger partial charge in [-0.1, -0.05) is 43.7 Å². The molecule has 0 N–H and O–H groups in total. The minimum Gasteiger partial charge on any atom is -0.375 e. The monoisotopic (exact) mass is 261 g/mol. The van der Waals surface area contributed by atoms with E-state index in [4.69, 9.17) is 4.74 Å². The maximum atomic E-state index is 11.9. The van der Waals surface area contributed by atoms with E-state index in [-0.39, 0.29) is 12.5 Å². The fraction of sp³-hybridized carbons (Fsp3) is 0.562. The number of amides is 1. The Balaban J connectivity index is 2.05. The van der Waals surface area contributed by atoms with E-state index in [9.17, 15) is 4.79 Å². The second-order valence-corrected chi connectivity index (χ2v) is 5.25. The molecule has 1 saturated heterocycles. The molecule has 1 amide bonds. The van der Waals surface area contributed by atoms with Gasteiger partial charge in [0.1, 0.15) is 6.61 Å². The van der Waals surface area contributed by atoms with Gasteiger partial charge in [0.05, 0.1) is 0 Å². The van der Waals surface area contributed by atoms with Gasteiger partial charge >= 0.3 is 0 Å². The molecule has 1 fully saturated rings. The van der Waals surface area contributed by atoms with Crippen molar-refractivity contribution in [2.24, 2.45) is 5.92 Å². The molecule has 19 heavy (non-hydrogen) atoms. The number of benzene rings is 1. The molecule has 0 unspecified atom stereocenters. The normalized spacial score (nSPS) is 23.4. The molecule has 1 heterocycles. The zero-order valence-electron chi connectivity index (χ0n) is 11.8. The number of carbonyl (C=O) groups excluding carboxylic acids is 1. The first kappa shape index (κ1) is 14.1. The molecule has 3 nitrogen and oxygen atoms in total. The molecule has 0 radical (unpaired) electrons. The summed E-state index contributed by atoms with van der Waals surface area (Å²) in [5.74, 6) is 1.25. The molecule has 2 atom stereocenters. The number of hydrogen-bond acceptors (Lipinski definition) is 2. The number of rotatable bonds is 4. The first-order valence-corrected chi connectivity index (χ1v) is 7.08. The number of piperidine rings is 1. The van der Waals surface area contributed by atoms with E-state index in [1.165, 1.54) is 5.56 Å². The minimum absolute atomic E-state index is 0.118. The van der Waals surface area contributed by atoms with Gasteiger partial charge in [-0.3, -0.25) is 4.79 Å². The summed E-state index contributed by atoms with van der Waals surface area (Å²) in [6.07, 6.45) is 2.16. The summed E-state index contributed by atoms with van der Waals surface area (Å²) in [5.41, 5.74) is 1.41. The Kier molecular flexibility index (Phi) is 4.97. The van der Waals surface area contributed by atoms with Crippen molar-refractivity contribution in [3.63, 3.8) is 0 Å². The summed E-state index contributed by atoms with van der Waals surface area (Å²) < 4.78 is 4.95. The van der Waals surface area contributed by atoms with Crippen LogP contribution >= 0.6 is 0 Å². The fourth-order valence-electron chi connectivity index (χ4n) is 3.03. The van der Waals surface area contributed by atoms with Gasteiger partial charge in [0.15, 0.2) is 0 Å². The molecule has 0 bridgehead atoms. The van der Waals surface area contributed by atoms with Crippen LogP contribution in [0.2, 0.25) is 0 Å². The molecule has 1 aromatic rings. The number of ether oxygens (including phenoxy) is 1. The minimum atomic E-state index is 0.118. The average molecular weight is 261 g/mol. The molecule has 0 saturated carbocycles. The Hall–Kier alpha value is -1.35. The van der Waals surface area contributed by atoms with E-state index < -0.39 is 0 Å². The standard InChI is InChI=1S/C16H23NO2/c1-3-13-11-17(16(18)12-19-2)10-9-15(13)14-7-5-4-6-8-14/h4-8,13,15H,3,9-12H2,1-2H3/t13-,15+/m0/s1. The van der Waals surface area contributed by atoms with Crippen LogP contribution in [0.4, 0.5) is 0 Å². The number of carbonyl (C=O) groups is 1. The lowest BCUT2D eigenvalue weighted by molar-refractivity contribution is -0.137. The van der Waals surface area contributed by atoms with E-state index in [0.29, 0.717) is 11.8 Å². The maximum Gasteiger partial charge on any atom is 0.248 e. The fourth-order valence-corrected chi connectivity index (χ4v) is 3.03. The SMILES string of the molecule is CC[C@H]1CN(C(=O)COC)CC[C@H]1c1ccccc1. The first-order valence-electron chi connectivity index (χ1n) is 7.08. The molecular weight excluding hydrogens is 238 g/mol. The van der Waals surface area contributed by atoms with Crippen LogP contribution in [0.15, 0.2) is 30.3 Å². The van der Waals surface area contributed by atoms with Crippen LogP contribution in [0.3, 0.4) is 0 Å². The van der Waals surface area contributed by atoms with E-state index in [2.05, 4.69) is 37.3 Å². The van der Waals surface area contributed by atoms with E-state index >= 15 is 0 Å². The van der Waals surface area contributed by atoms with Crippen molar-refractivity contribution in [3.8, 4) is 0 Å². The lowest BCUT2D eigenvalue weighted by Gasteiger charge is -2.38. The van der Waals surface area contributed by atoms with Gasteiger partial charge in [-0.15, -0.1) is 0 Å². The number of methoxy groups -OCH3 is 1. The Morgan fingerprint density at radius 3 is 2.74 bits per heavy atom. The predicted molar refractivity (Wildman–Crippen MR) is 76.0 cm³/mol. The number of likely N-dealkylation sites (tertiary alicyclic amines) is 1. The van der Waals surface area contributed by atoms with Gasteiger partial charge < -0.3 is 9.64 Å². The van der Waals surface area contributed by atoms with Crippen molar-refractivity contribution in [3.05, 3.63) is 35.9 Å². The third kappa shape index (κ3) is 3.35. The molecule has 1 aliphatic rings. The Bertz CT molecular complexity index is 404. The van der Waals surface area contributed by atoms with Crippen molar-refractivity contribution in [1.29, 1.82) is 0 Å². The van der Waals surface area contributed by atoms with Gasteiger partial charge in [-0.05, 0) is 23.8 Å². The second kappa shape index (κ2) is 6.71. The van der Waals surface area contributed by atoms with E-state index in [1.54, 1.807) is 7.11 Å². The van der Waals surface area contributed by atoms with E-state index in [0.717, 1.165) is 25.9 Å². The summed E-state index contributed by atoms with van der Waals surface area (Å²) in [7, 11) is 1.58. The van der Waals surface area contributed by atoms with Gasteiger partial charge in [-0.25, -0.2) is 0 Å². The molecule has 0 aromatic heterocycles. The summed E-state index contributed by atoms with van der Waals surface area (Å²) in [4.78, 5) is 13.9. The van der Waals surface area contributed by atoms with Crippen molar-refractivity contribution in [2.75, 3.05) is 26.8 Å². The average Bonchev–Trinajstić information content (AvgIpc) is 2.47. The Morgan fingerprint density at radius 2 is 2.11 bits per heavy atom. The topological polar surface area (TPSA) is 29.5 Å². The van der Waals surface area contributed by atoms with Crippen molar-refractivity contribution in [1.82, 2.24) is 4.90 Å². The number of nitrogens with zero attached hydrogens (tertiary/aromatic N) is 1. The lowest BCUT2D eigenvalue weighted by Crippen LogP contribution is -2.44. The van der Waals surface area contributed by atoms with Gasteiger partial charge in [0.2, 0.25) is 5.91 Å². The van der Waals surface area contributed by atoms with Crippen LogP contribution in [0.5, 0.6) is 0 Å². The smallest absolute Gasteiger partial charge is 0.248 e. The van der Waals surface area contributed by atoms with Crippen molar-refractivity contribution in [2.45, 2.75) is 25.7 Å². The van der Waals surface area contributed by atoms with Gasteiger partial charge in [0, 0.05) is 20.2 Å². The Morgan fingerprint density at radius 1 is 1.37 bits per heavy atom. The molecule has 0 aliphatic carbocycles. The van der Waals surface area contributed by atoms with Gasteiger partial charge in [0.25, 0.3) is 0 Å². The van der Waals surface area contributed by atoms with Crippen LogP contribution in [-0.4, -0.2) is 37.6 Å². The first-order chi connectivity index (χ1) is 9.26. The number of hydrogen-bond donors (Lipinski definition) is 0. The molecule has 0 spiro atoms. The van der Waals surface area contributed by atoms with Crippen LogP contribution in [-0.2, 0) is 9.53 Å². The van der Waals surface area contributed by atoms with Crippen molar-refractivity contribution >= 4 is 5.91 Å². The highest BCUT2D eigenvalue weighted by molar-refractivity contribution is 5.77. The molecule has 1 aromatic carbocycles. The molecular formula is C16H23NO2. The third-order valence-electron chi connectivity index (χ3n) is 4.11. The molecule has 3 heteroatoms. The van der Waals surface area contributed by atoms with E-state index in [1.807, 2.05) is 4.90 Å². The summed E-state index contributed by atoms with van der Waals surface area (Å²) in [5, 5.41) is 0. The lowest BCUT2D eigenvalue weighted by atomic mass is 9.79. The van der Waals surface area contributed by atoms with Gasteiger partial charge in [-0.2, -0.15) is 0 Å². The largest absolute Gasteiger partial charge is 0.375 e. The highest BCUT2D eigenvalue weighted by atomic mass is 16.5. The zero-order chi connectivity index (χ0) is 13.7. The van der Waals surface area contributed by atoms with Crippen LogP contribution in [0.25, 0.3) is 0 Å². The molecule has 104 valence electrons. The van der Waals surface area contributed by atoms with Crippen molar-refractivity contribution < 1.29 is 9.53 Å². The molecule has 1 aliphatic heterocycles. The third-order valence-corrected chi connectivity index (χ3v) is 4.11. The molecule has 2 rings (SSSR count). The van der Waals surface area contributed by atoms with Crippen LogP contribution < -0.4 is 0 Å². The zero-order valence-corrected chi connectivity index (χ0v) is 11.8. The maximum absolute atomic E-state index is 11.9. The Labute approximate surface area is 115 Å².